The molecule has 1 heterocycles. The minimum absolute atomic E-state index is 0.00205. The van der Waals surface area contributed by atoms with Gasteiger partial charge in [0, 0.05) is 17.5 Å². The van der Waals surface area contributed by atoms with Crippen LogP contribution in [0.1, 0.15) is 0 Å². The van der Waals surface area contributed by atoms with Crippen LogP contribution >= 0.6 is 0 Å². The second kappa shape index (κ2) is 6.97. The van der Waals surface area contributed by atoms with Gasteiger partial charge in [0.1, 0.15) is 23.3 Å². The Bertz CT molecular complexity index is 1350. The number of aromatic nitrogens is 1. The predicted octanol–water partition coefficient (Wildman–Crippen LogP) is 5.29. The summed E-state index contributed by atoms with van der Waals surface area (Å²) >= 11 is 0. The molecular weight excluding hydrogens is 406 g/mol. The van der Waals surface area contributed by atoms with E-state index >= 15 is 0 Å². The lowest BCUT2D eigenvalue weighted by molar-refractivity contribution is 0.566. The smallest absolute Gasteiger partial charge is 0.224 e. The normalized spacial score (nSPS) is 11.7. The molecule has 3 nitrogen and oxygen atoms in total. The second-order valence-electron chi connectivity index (χ2n) is 6.29. The number of hydrogen-bond donors (Lipinski definition) is 0. The maximum Gasteiger partial charge on any atom is 0.224 e. The predicted molar refractivity (Wildman–Crippen MR) is 98.9 cm³/mol. The summed E-state index contributed by atoms with van der Waals surface area (Å²) in [5.41, 5.74) is 0.623. The molecule has 8 heteroatoms. The van der Waals surface area contributed by atoms with Crippen molar-refractivity contribution in [2.24, 2.45) is 0 Å². The van der Waals surface area contributed by atoms with E-state index in [1.54, 1.807) is 6.07 Å². The van der Waals surface area contributed by atoms with Gasteiger partial charge < -0.3 is 0 Å². The molecule has 0 radical (unpaired) electrons. The SMILES string of the molecule is O=S(=O)(c1cc(F)cc(F)c1)c1cc(-c2cccc(F)c2)c2ccc(F)cc2n1. The molecule has 4 aromatic rings. The molecule has 0 aliphatic heterocycles. The van der Waals surface area contributed by atoms with Gasteiger partial charge in [-0.2, -0.15) is 0 Å². The second-order valence-corrected chi connectivity index (χ2v) is 8.19. The van der Waals surface area contributed by atoms with Gasteiger partial charge in [0.05, 0.1) is 10.4 Å². The van der Waals surface area contributed by atoms with Crippen molar-refractivity contribution >= 4 is 20.7 Å². The van der Waals surface area contributed by atoms with Crippen molar-refractivity contribution < 1.29 is 26.0 Å². The number of halogens is 4. The molecule has 0 fully saturated rings. The van der Waals surface area contributed by atoms with E-state index in [4.69, 9.17) is 0 Å². The average molecular weight is 417 g/mol. The number of rotatable bonds is 3. The fourth-order valence-electron chi connectivity index (χ4n) is 3.01. The Morgan fingerprint density at radius 2 is 1.38 bits per heavy atom. The lowest BCUT2D eigenvalue weighted by Gasteiger charge is -2.11. The van der Waals surface area contributed by atoms with Crippen molar-refractivity contribution in [1.29, 1.82) is 0 Å². The van der Waals surface area contributed by atoms with Crippen LogP contribution in [0.4, 0.5) is 17.6 Å². The number of benzene rings is 3. The number of pyridine rings is 1. The largest absolute Gasteiger partial charge is 0.236 e. The van der Waals surface area contributed by atoms with Crippen LogP contribution in [-0.4, -0.2) is 13.4 Å². The molecule has 4 rings (SSSR count). The van der Waals surface area contributed by atoms with Crippen LogP contribution in [0.5, 0.6) is 0 Å². The summed E-state index contributed by atoms with van der Waals surface area (Å²) in [6.07, 6.45) is 0. The minimum atomic E-state index is -4.44. The molecule has 0 aliphatic carbocycles. The zero-order valence-corrected chi connectivity index (χ0v) is 15.4. The van der Waals surface area contributed by atoms with Crippen molar-refractivity contribution in [2.45, 2.75) is 9.92 Å². The Morgan fingerprint density at radius 3 is 2.07 bits per heavy atom. The van der Waals surface area contributed by atoms with E-state index < -0.39 is 43.0 Å². The van der Waals surface area contributed by atoms with Crippen LogP contribution in [0, 0.1) is 23.3 Å². The van der Waals surface area contributed by atoms with Crippen LogP contribution in [-0.2, 0) is 9.84 Å². The molecule has 146 valence electrons. The fourth-order valence-corrected chi connectivity index (χ4v) is 4.28. The number of sulfone groups is 1. The van der Waals surface area contributed by atoms with Gasteiger partial charge in [-0.1, -0.05) is 12.1 Å². The Balaban J connectivity index is 2.03. The van der Waals surface area contributed by atoms with Crippen LogP contribution < -0.4 is 0 Å². The molecule has 0 atom stereocenters. The highest BCUT2D eigenvalue weighted by molar-refractivity contribution is 7.91. The topological polar surface area (TPSA) is 47.0 Å². The maximum absolute atomic E-state index is 13.7. The zero-order valence-electron chi connectivity index (χ0n) is 14.5. The van der Waals surface area contributed by atoms with E-state index in [1.807, 2.05) is 0 Å². The summed E-state index contributed by atoms with van der Waals surface area (Å²) in [5, 5.41) is -0.152. The van der Waals surface area contributed by atoms with Crippen LogP contribution in [0.3, 0.4) is 0 Å². The number of nitrogens with zero attached hydrogens (tertiary/aromatic N) is 1. The summed E-state index contributed by atoms with van der Waals surface area (Å²) in [7, 11) is -4.44. The third kappa shape index (κ3) is 3.58. The first-order chi connectivity index (χ1) is 13.7. The highest BCUT2D eigenvalue weighted by Crippen LogP contribution is 2.32. The van der Waals surface area contributed by atoms with Crippen molar-refractivity contribution in [3.05, 3.63) is 90.0 Å². The van der Waals surface area contributed by atoms with Crippen LogP contribution in [0.25, 0.3) is 22.0 Å². The Labute approximate surface area is 163 Å². The van der Waals surface area contributed by atoms with E-state index in [0.717, 1.165) is 6.07 Å². The van der Waals surface area contributed by atoms with E-state index in [2.05, 4.69) is 4.98 Å². The molecule has 3 aromatic carbocycles. The number of fused-ring (bicyclic) bond motifs is 1. The Kier molecular flexibility index (Phi) is 4.58. The van der Waals surface area contributed by atoms with Gasteiger partial charge in [-0.05, 0) is 53.6 Å². The molecule has 0 aliphatic rings. The molecule has 0 amide bonds. The molecular formula is C21H11F4NO2S. The summed E-state index contributed by atoms with van der Waals surface area (Å²) < 4.78 is 80.5. The van der Waals surface area contributed by atoms with Crippen LogP contribution in [0.2, 0.25) is 0 Å². The minimum Gasteiger partial charge on any atom is -0.236 e. The monoisotopic (exact) mass is 417 g/mol. The lowest BCUT2D eigenvalue weighted by Crippen LogP contribution is -2.06. The lowest BCUT2D eigenvalue weighted by atomic mass is 10.0. The van der Waals surface area contributed by atoms with Crippen molar-refractivity contribution in [3.8, 4) is 11.1 Å². The first-order valence-corrected chi connectivity index (χ1v) is 9.80. The average Bonchev–Trinajstić information content (AvgIpc) is 2.66. The quantitative estimate of drug-likeness (QED) is 0.426. The fraction of sp³-hybridized carbons (Fsp3) is 0. The first-order valence-electron chi connectivity index (χ1n) is 8.31. The number of hydrogen-bond acceptors (Lipinski definition) is 3. The molecule has 0 spiro atoms. The van der Waals surface area contributed by atoms with E-state index in [1.165, 1.54) is 36.4 Å². The summed E-state index contributed by atoms with van der Waals surface area (Å²) in [6, 6.07) is 12.1. The van der Waals surface area contributed by atoms with E-state index in [0.29, 0.717) is 29.1 Å². The molecule has 0 saturated heterocycles. The Hall–Kier alpha value is -3.26. The summed E-state index contributed by atoms with van der Waals surface area (Å²) in [4.78, 5) is 3.35. The van der Waals surface area contributed by atoms with E-state index in [-0.39, 0.29) is 11.1 Å². The van der Waals surface area contributed by atoms with Gasteiger partial charge in [-0.25, -0.2) is 31.0 Å². The zero-order chi connectivity index (χ0) is 20.8. The maximum atomic E-state index is 13.7. The molecule has 29 heavy (non-hydrogen) atoms. The van der Waals surface area contributed by atoms with Gasteiger partial charge >= 0.3 is 0 Å². The standard InChI is InChI=1S/C21H11F4NO2S/c22-13-3-1-2-12(6-13)19-11-21(26-20-10-14(23)4-5-18(19)20)29(27,28)17-8-15(24)7-16(25)9-17/h1-11H. The van der Waals surface area contributed by atoms with Crippen LogP contribution in [0.15, 0.2) is 76.7 Å². The molecule has 0 saturated carbocycles. The molecule has 0 unspecified atom stereocenters. The molecule has 0 N–H and O–H groups in total. The van der Waals surface area contributed by atoms with Crippen molar-refractivity contribution in [1.82, 2.24) is 4.98 Å². The molecule has 1 aromatic heterocycles. The van der Waals surface area contributed by atoms with Gasteiger partial charge in [0.15, 0.2) is 5.03 Å². The summed E-state index contributed by atoms with van der Waals surface area (Å²) in [5.74, 6) is -3.34. The summed E-state index contributed by atoms with van der Waals surface area (Å²) in [6.45, 7) is 0. The van der Waals surface area contributed by atoms with Gasteiger partial charge in [-0.15, -0.1) is 0 Å². The highest BCUT2D eigenvalue weighted by Gasteiger charge is 2.23. The van der Waals surface area contributed by atoms with Gasteiger partial charge in [0.25, 0.3) is 0 Å². The third-order valence-electron chi connectivity index (χ3n) is 4.31. The van der Waals surface area contributed by atoms with Crippen molar-refractivity contribution in [2.75, 3.05) is 0 Å². The first kappa shape index (κ1) is 19.1. The van der Waals surface area contributed by atoms with E-state index in [9.17, 15) is 26.0 Å². The molecule has 0 bridgehead atoms. The van der Waals surface area contributed by atoms with Crippen molar-refractivity contribution in [3.63, 3.8) is 0 Å². The highest BCUT2D eigenvalue weighted by atomic mass is 32.2. The Morgan fingerprint density at radius 1 is 0.690 bits per heavy atom. The van der Waals surface area contributed by atoms with Gasteiger partial charge in [-0.3, -0.25) is 0 Å². The van der Waals surface area contributed by atoms with Gasteiger partial charge in [0.2, 0.25) is 9.84 Å². The third-order valence-corrected chi connectivity index (χ3v) is 5.92.